The number of halogens is 3. The average molecular weight is 979 g/mol. The number of aromatic nitrogens is 2. The summed E-state index contributed by atoms with van der Waals surface area (Å²) in [4.78, 5) is 52.8. The molecule has 0 spiro atoms. The van der Waals surface area contributed by atoms with Crippen molar-refractivity contribution in [1.82, 2.24) is 30.4 Å². The van der Waals surface area contributed by atoms with E-state index in [0.29, 0.717) is 17.7 Å². The molecule has 0 bridgehead atoms. The number of nitrogens with one attached hydrogen (secondary N) is 3. The van der Waals surface area contributed by atoms with Crippen molar-refractivity contribution in [3.63, 3.8) is 0 Å². The standard InChI is InChI=1S/C54H61F3N6O6S/c1-31-20-40-39-10-8-9-11-43(39)60-47(40)48(63(31)29-54(6,7)57)46-41(55)22-38(23-42(46)56)69-27-35-14-12-34(13-15-35)26-68-28-45(65)61-50(53(3,4)5)52(67)62-25-37(64)21-44(62)51(66)58-24-33-16-18-36(19-17-33)49-32(2)59-30-70-49/h8-19,22-23,30-31,37,44,48,50,60,64H,20-21,24-29H2,1-7H3,(H,58,66)(H,61,65)/t31-,37-,44+,48-,50?/m1/s1. The third-order valence-electron chi connectivity index (χ3n) is 13.0. The molecule has 12 nitrogen and oxygen atoms in total. The molecule has 2 aromatic heterocycles. The van der Waals surface area contributed by atoms with Crippen LogP contribution in [0.1, 0.15) is 93.2 Å². The molecule has 0 saturated carbocycles. The number of β-amino-alcohol motifs (C(OH)–C–C–N with tert-alkyl or cyclic N) is 1. The Labute approximate surface area is 410 Å². The number of hydrogen-bond donors (Lipinski definition) is 4. The van der Waals surface area contributed by atoms with Crippen molar-refractivity contribution in [3.8, 4) is 16.2 Å². The number of aryl methyl sites for hydroxylation is 1. The maximum atomic E-state index is 16.2. The number of carbonyl (C=O) groups is 3. The largest absolute Gasteiger partial charge is 0.489 e. The van der Waals surface area contributed by atoms with Crippen LogP contribution in [0.3, 0.4) is 0 Å². The zero-order valence-electron chi connectivity index (χ0n) is 40.6. The summed E-state index contributed by atoms with van der Waals surface area (Å²) >= 11 is 1.56. The minimum atomic E-state index is -1.62. The number of likely N-dealkylation sites (tertiary alicyclic amines) is 1. The van der Waals surface area contributed by atoms with E-state index >= 15 is 13.2 Å². The summed E-state index contributed by atoms with van der Waals surface area (Å²) < 4.78 is 59.3. The van der Waals surface area contributed by atoms with Crippen molar-refractivity contribution in [3.05, 3.63) is 141 Å². The molecular formula is C54H61F3N6O6S. The second kappa shape index (κ2) is 20.7. The fourth-order valence-electron chi connectivity index (χ4n) is 9.55. The number of benzene rings is 4. The molecule has 5 atom stereocenters. The number of amides is 3. The highest BCUT2D eigenvalue weighted by atomic mass is 32.1. The van der Waals surface area contributed by atoms with E-state index in [0.717, 1.165) is 43.7 Å². The summed E-state index contributed by atoms with van der Waals surface area (Å²) in [6.45, 7) is 12.2. The smallest absolute Gasteiger partial charge is 0.246 e. The zero-order chi connectivity index (χ0) is 50.1. The molecular weight excluding hydrogens is 918 g/mol. The fraction of sp³-hybridized carbons (Fsp3) is 0.407. The molecule has 2 aliphatic rings. The van der Waals surface area contributed by atoms with E-state index in [2.05, 4.69) is 20.6 Å². The number of alkyl halides is 1. The molecule has 6 aromatic rings. The number of hydrogen-bond acceptors (Lipinski definition) is 9. The minimum Gasteiger partial charge on any atom is -0.489 e. The lowest BCUT2D eigenvalue weighted by molar-refractivity contribution is -0.144. The molecule has 2 aliphatic heterocycles. The number of thiazole rings is 1. The van der Waals surface area contributed by atoms with Gasteiger partial charge in [-0.05, 0) is 73.4 Å². The number of ether oxygens (including phenoxy) is 2. The van der Waals surface area contributed by atoms with Crippen molar-refractivity contribution >= 4 is 40.0 Å². The van der Waals surface area contributed by atoms with Crippen LogP contribution in [0.5, 0.6) is 5.75 Å². The summed E-state index contributed by atoms with van der Waals surface area (Å²) in [5.74, 6) is -3.00. The topological polar surface area (TPSA) is 149 Å². The van der Waals surface area contributed by atoms with Gasteiger partial charge in [0, 0.05) is 66.4 Å². The summed E-state index contributed by atoms with van der Waals surface area (Å²) in [6, 6.07) is 22.0. The molecule has 4 heterocycles. The lowest BCUT2D eigenvalue weighted by Crippen LogP contribution is -2.58. The number of aliphatic hydroxyl groups excluding tert-OH is 1. The molecule has 70 heavy (non-hydrogen) atoms. The van der Waals surface area contributed by atoms with Gasteiger partial charge in [-0.3, -0.25) is 19.3 Å². The summed E-state index contributed by atoms with van der Waals surface area (Å²) in [7, 11) is 0. The fourth-order valence-corrected chi connectivity index (χ4v) is 10.4. The highest BCUT2D eigenvalue weighted by Crippen LogP contribution is 2.44. The van der Waals surface area contributed by atoms with Gasteiger partial charge in [0.25, 0.3) is 0 Å². The minimum absolute atomic E-state index is 0.00210. The van der Waals surface area contributed by atoms with Gasteiger partial charge in [-0.25, -0.2) is 18.2 Å². The molecule has 0 aliphatic carbocycles. The van der Waals surface area contributed by atoms with Crippen LogP contribution in [0, 0.1) is 24.0 Å². The van der Waals surface area contributed by atoms with Gasteiger partial charge >= 0.3 is 0 Å². The van der Waals surface area contributed by atoms with Crippen LogP contribution in [0.15, 0.2) is 90.4 Å². The Morgan fingerprint density at radius 3 is 2.24 bits per heavy atom. The first-order valence-electron chi connectivity index (χ1n) is 23.6. The van der Waals surface area contributed by atoms with Gasteiger partial charge in [-0.2, -0.15) is 0 Å². The average Bonchev–Trinajstić information content (AvgIpc) is 4.03. The van der Waals surface area contributed by atoms with Crippen molar-refractivity contribution in [2.45, 2.75) is 117 Å². The molecule has 4 aromatic carbocycles. The molecule has 0 radical (unpaired) electrons. The lowest BCUT2D eigenvalue weighted by Gasteiger charge is -2.43. The molecule has 3 amide bonds. The predicted octanol–water partition coefficient (Wildman–Crippen LogP) is 8.87. The van der Waals surface area contributed by atoms with E-state index in [1.165, 1.54) is 30.9 Å². The molecule has 8 rings (SSSR count). The highest BCUT2D eigenvalue weighted by molar-refractivity contribution is 7.13. The van der Waals surface area contributed by atoms with E-state index < -0.39 is 64.7 Å². The monoisotopic (exact) mass is 978 g/mol. The summed E-state index contributed by atoms with van der Waals surface area (Å²) in [5.41, 5.74) is 6.04. The van der Waals surface area contributed by atoms with Gasteiger partial charge in [0.15, 0.2) is 0 Å². The third-order valence-corrected chi connectivity index (χ3v) is 14.0. The Kier molecular flexibility index (Phi) is 14.9. The number of rotatable bonds is 16. The highest BCUT2D eigenvalue weighted by Gasteiger charge is 2.45. The first-order chi connectivity index (χ1) is 33.2. The van der Waals surface area contributed by atoms with Crippen LogP contribution >= 0.6 is 11.3 Å². The molecule has 16 heteroatoms. The Morgan fingerprint density at radius 2 is 1.60 bits per heavy atom. The predicted molar refractivity (Wildman–Crippen MR) is 264 cm³/mol. The maximum Gasteiger partial charge on any atom is 0.246 e. The van der Waals surface area contributed by atoms with Crippen molar-refractivity contribution in [1.29, 1.82) is 0 Å². The first-order valence-corrected chi connectivity index (χ1v) is 24.5. The van der Waals surface area contributed by atoms with Crippen LogP contribution in [0.2, 0.25) is 0 Å². The summed E-state index contributed by atoms with van der Waals surface area (Å²) in [6.07, 6.45) is -0.239. The van der Waals surface area contributed by atoms with E-state index in [9.17, 15) is 19.5 Å². The van der Waals surface area contributed by atoms with Crippen LogP contribution in [-0.2, 0) is 45.3 Å². The maximum absolute atomic E-state index is 16.2. The normalized spacial score (nSPS) is 19.0. The number of nitrogens with zero attached hydrogens (tertiary/aromatic N) is 3. The van der Waals surface area contributed by atoms with Crippen LogP contribution in [-0.4, -0.2) is 92.2 Å². The summed E-state index contributed by atoms with van der Waals surface area (Å²) in [5, 5.41) is 17.3. The lowest BCUT2D eigenvalue weighted by atomic mass is 9.85. The van der Waals surface area contributed by atoms with Crippen LogP contribution in [0.25, 0.3) is 21.3 Å². The van der Waals surface area contributed by atoms with Crippen LogP contribution < -0.4 is 15.4 Å². The Morgan fingerprint density at radius 1 is 0.943 bits per heavy atom. The quantitative estimate of drug-likeness (QED) is 0.0752. The number of fused-ring (bicyclic) bond motifs is 3. The van der Waals surface area contributed by atoms with E-state index in [-0.39, 0.29) is 63.2 Å². The number of aromatic amines is 1. The Bertz CT molecular complexity index is 2810. The Hall–Kier alpha value is -6.07. The van der Waals surface area contributed by atoms with Gasteiger partial charge < -0.3 is 35.1 Å². The van der Waals surface area contributed by atoms with E-state index in [4.69, 9.17) is 9.47 Å². The van der Waals surface area contributed by atoms with Gasteiger partial charge in [0.2, 0.25) is 17.7 Å². The van der Waals surface area contributed by atoms with Crippen LogP contribution in [0.4, 0.5) is 13.2 Å². The zero-order valence-corrected chi connectivity index (χ0v) is 41.4. The van der Waals surface area contributed by atoms with Gasteiger partial charge in [-0.15, -0.1) is 11.3 Å². The second-order valence-electron chi connectivity index (χ2n) is 20.3. The first kappa shape index (κ1) is 50.3. The number of aliphatic hydroxyl groups is 1. The number of H-pyrrole nitrogens is 1. The van der Waals surface area contributed by atoms with E-state index in [1.54, 1.807) is 41.1 Å². The van der Waals surface area contributed by atoms with Gasteiger partial charge in [-0.1, -0.05) is 87.5 Å². The number of carbonyl (C=O) groups excluding carboxylic acids is 3. The molecule has 1 saturated heterocycles. The Balaban J connectivity index is 0.840. The number of para-hydroxylation sites is 1. The SMILES string of the molecule is Cc1ncsc1-c1ccc(CNC(=O)[C@@H]2C[C@@H](O)CN2C(=O)C(NC(=O)COCc2ccc(COc3cc(F)c([C@@H]4c5[nH]c6ccccc6c5C[C@@H](C)N4CC(C)(C)F)c(F)c3)cc2)C(C)(C)C)cc1. The van der Waals surface area contributed by atoms with E-state index in [1.807, 2.05) is 88.0 Å². The van der Waals surface area contributed by atoms with Gasteiger partial charge in [0.05, 0.1) is 34.8 Å². The third kappa shape index (κ3) is 11.4. The van der Waals surface area contributed by atoms with Crippen molar-refractivity contribution < 1.29 is 42.1 Å². The molecule has 1 unspecified atom stereocenters. The van der Waals surface area contributed by atoms with Gasteiger partial charge in [0.1, 0.15) is 48.4 Å². The molecule has 370 valence electrons. The molecule has 1 fully saturated rings. The molecule has 4 N–H and O–H groups in total. The van der Waals surface area contributed by atoms with Crippen molar-refractivity contribution in [2.24, 2.45) is 5.41 Å². The second-order valence-corrected chi connectivity index (χ2v) is 21.1. The van der Waals surface area contributed by atoms with Crippen molar-refractivity contribution in [2.75, 3.05) is 19.7 Å².